The van der Waals surface area contributed by atoms with E-state index in [9.17, 15) is 4.79 Å². The molecule has 0 radical (unpaired) electrons. The van der Waals surface area contributed by atoms with Gasteiger partial charge in [-0.1, -0.05) is 62.4 Å². The van der Waals surface area contributed by atoms with Crippen LogP contribution < -0.4 is 10.1 Å². The van der Waals surface area contributed by atoms with Gasteiger partial charge in [-0.2, -0.15) is 0 Å². The first-order valence-electron chi connectivity index (χ1n) is 10.9. The first-order chi connectivity index (χ1) is 15.6. The summed E-state index contributed by atoms with van der Waals surface area (Å²) < 4.78 is 7.83. The zero-order valence-electron chi connectivity index (χ0n) is 18.7. The Balaban J connectivity index is 1.57. The quantitative estimate of drug-likeness (QED) is 0.300. The number of rotatable bonds is 12. The van der Waals surface area contributed by atoms with E-state index in [-0.39, 0.29) is 11.7 Å². The molecular formula is C25H30N4O2S. The van der Waals surface area contributed by atoms with Gasteiger partial charge < -0.3 is 10.1 Å². The number of anilines is 1. The molecule has 0 spiro atoms. The van der Waals surface area contributed by atoms with Crippen molar-refractivity contribution in [1.29, 1.82) is 0 Å². The largest absolute Gasteiger partial charge is 0.486 e. The number of nitrogens with zero attached hydrogens (tertiary/aromatic N) is 3. The number of ether oxygens (including phenoxy) is 1. The molecule has 0 unspecified atom stereocenters. The van der Waals surface area contributed by atoms with Crippen molar-refractivity contribution in [3.05, 3.63) is 78.1 Å². The number of hydrogen-bond donors (Lipinski definition) is 1. The van der Waals surface area contributed by atoms with Crippen LogP contribution in [0.5, 0.6) is 5.75 Å². The third-order valence-electron chi connectivity index (χ3n) is 4.91. The molecule has 1 aromatic heterocycles. The molecule has 0 aliphatic carbocycles. The molecule has 32 heavy (non-hydrogen) atoms. The van der Waals surface area contributed by atoms with Crippen molar-refractivity contribution in [3.8, 4) is 5.75 Å². The van der Waals surface area contributed by atoms with E-state index in [1.165, 1.54) is 22.9 Å². The molecule has 3 aromatic rings. The molecule has 2 aromatic carbocycles. The Hall–Kier alpha value is -3.06. The standard InChI is InChI=1S/C25H30N4O2S/c1-4-7-20-10-14-22(15-11-20)31-17-23-27-28-25(29(23)16-5-2)32-18-24(30)26-21-12-8-19(6-3)9-13-21/h5,8-15H,2,4,6-7,16-18H2,1,3H3,(H,26,30). The molecule has 1 amide bonds. The second kappa shape index (κ2) is 12.1. The fourth-order valence-electron chi connectivity index (χ4n) is 3.18. The predicted molar refractivity (Wildman–Crippen MR) is 130 cm³/mol. The highest BCUT2D eigenvalue weighted by atomic mass is 32.2. The van der Waals surface area contributed by atoms with Crippen molar-refractivity contribution in [2.75, 3.05) is 11.1 Å². The van der Waals surface area contributed by atoms with Crippen LogP contribution in [0.1, 0.15) is 37.2 Å². The molecule has 0 aliphatic heterocycles. The van der Waals surface area contributed by atoms with Crippen LogP contribution in [0.4, 0.5) is 5.69 Å². The zero-order chi connectivity index (χ0) is 22.8. The molecule has 0 aliphatic rings. The van der Waals surface area contributed by atoms with Crippen molar-refractivity contribution < 1.29 is 9.53 Å². The van der Waals surface area contributed by atoms with Crippen LogP contribution in [0.15, 0.2) is 66.3 Å². The van der Waals surface area contributed by atoms with Gasteiger partial charge in [-0.15, -0.1) is 16.8 Å². The van der Waals surface area contributed by atoms with Crippen molar-refractivity contribution >= 4 is 23.4 Å². The van der Waals surface area contributed by atoms with Gasteiger partial charge in [0.2, 0.25) is 5.91 Å². The summed E-state index contributed by atoms with van der Waals surface area (Å²) >= 11 is 1.35. The number of carbonyl (C=O) groups is 1. The normalized spacial score (nSPS) is 10.7. The summed E-state index contributed by atoms with van der Waals surface area (Å²) in [4.78, 5) is 12.4. The molecule has 0 saturated carbocycles. The fraction of sp³-hybridized carbons (Fsp3) is 0.320. The number of nitrogens with one attached hydrogen (secondary N) is 1. The van der Waals surface area contributed by atoms with E-state index in [0.717, 1.165) is 30.7 Å². The lowest BCUT2D eigenvalue weighted by molar-refractivity contribution is -0.113. The summed E-state index contributed by atoms with van der Waals surface area (Å²) in [6.07, 6.45) is 4.94. The first-order valence-corrected chi connectivity index (χ1v) is 11.9. The second-order valence-corrected chi connectivity index (χ2v) is 8.31. The minimum absolute atomic E-state index is 0.0858. The van der Waals surface area contributed by atoms with Crippen LogP contribution in [-0.4, -0.2) is 26.4 Å². The third kappa shape index (κ3) is 6.72. The number of aryl methyl sites for hydroxylation is 2. The highest BCUT2D eigenvalue weighted by molar-refractivity contribution is 7.99. The number of thioether (sulfide) groups is 1. The molecule has 1 N–H and O–H groups in total. The minimum Gasteiger partial charge on any atom is -0.486 e. The minimum atomic E-state index is -0.0858. The van der Waals surface area contributed by atoms with Crippen LogP contribution in [0.3, 0.4) is 0 Å². The molecule has 3 rings (SSSR count). The molecule has 7 heteroatoms. The summed E-state index contributed by atoms with van der Waals surface area (Å²) in [5, 5.41) is 12.1. The summed E-state index contributed by atoms with van der Waals surface area (Å²) in [5.41, 5.74) is 3.33. The molecule has 6 nitrogen and oxygen atoms in total. The van der Waals surface area contributed by atoms with Crippen LogP contribution >= 0.6 is 11.8 Å². The van der Waals surface area contributed by atoms with Gasteiger partial charge >= 0.3 is 0 Å². The average molecular weight is 451 g/mol. The summed E-state index contributed by atoms with van der Waals surface area (Å²) in [5.74, 6) is 1.64. The Morgan fingerprint density at radius 2 is 1.81 bits per heavy atom. The predicted octanol–water partition coefficient (Wildman–Crippen LogP) is 5.29. The molecule has 1 heterocycles. The molecule has 0 fully saturated rings. The SMILES string of the molecule is C=CCn1c(COc2ccc(CCC)cc2)nnc1SCC(=O)Nc1ccc(CC)cc1. The topological polar surface area (TPSA) is 69.0 Å². The van der Waals surface area contributed by atoms with Gasteiger partial charge in [-0.05, 0) is 48.2 Å². The first kappa shape index (κ1) is 23.6. The van der Waals surface area contributed by atoms with Gasteiger partial charge in [0.1, 0.15) is 12.4 Å². The van der Waals surface area contributed by atoms with Gasteiger partial charge in [-0.3, -0.25) is 9.36 Å². The van der Waals surface area contributed by atoms with Crippen LogP contribution in [0.25, 0.3) is 0 Å². The van der Waals surface area contributed by atoms with Gasteiger partial charge in [0, 0.05) is 12.2 Å². The smallest absolute Gasteiger partial charge is 0.234 e. The number of hydrogen-bond acceptors (Lipinski definition) is 5. The summed E-state index contributed by atoms with van der Waals surface area (Å²) in [6, 6.07) is 16.0. The lowest BCUT2D eigenvalue weighted by atomic mass is 10.1. The van der Waals surface area contributed by atoms with E-state index in [1.807, 2.05) is 41.0 Å². The molecule has 0 atom stereocenters. The number of aromatic nitrogens is 3. The lowest BCUT2D eigenvalue weighted by Gasteiger charge is -2.10. The van der Waals surface area contributed by atoms with Crippen molar-refractivity contribution in [2.45, 2.75) is 51.4 Å². The number of carbonyl (C=O) groups excluding carboxylic acids is 1. The van der Waals surface area contributed by atoms with Crippen LogP contribution in [-0.2, 0) is 30.8 Å². The number of benzene rings is 2. The Morgan fingerprint density at radius 1 is 1.09 bits per heavy atom. The van der Waals surface area contributed by atoms with Gasteiger partial charge in [-0.25, -0.2) is 0 Å². The van der Waals surface area contributed by atoms with E-state index < -0.39 is 0 Å². The van der Waals surface area contributed by atoms with Gasteiger partial charge in [0.15, 0.2) is 11.0 Å². The van der Waals surface area contributed by atoms with Gasteiger partial charge in [0.25, 0.3) is 0 Å². The fourth-order valence-corrected chi connectivity index (χ4v) is 3.95. The Bertz CT molecular complexity index is 1010. The number of allylic oxidation sites excluding steroid dienone is 1. The molecule has 0 bridgehead atoms. The Kier molecular flexibility index (Phi) is 8.92. The van der Waals surface area contributed by atoms with Crippen LogP contribution in [0.2, 0.25) is 0 Å². The molecule has 168 valence electrons. The third-order valence-corrected chi connectivity index (χ3v) is 5.88. The lowest BCUT2D eigenvalue weighted by Crippen LogP contribution is -2.15. The highest BCUT2D eigenvalue weighted by Gasteiger charge is 2.14. The van der Waals surface area contributed by atoms with Crippen molar-refractivity contribution in [2.24, 2.45) is 0 Å². The second-order valence-electron chi connectivity index (χ2n) is 7.37. The van der Waals surface area contributed by atoms with E-state index in [2.05, 4.69) is 48.1 Å². The Labute approximate surface area is 194 Å². The molecular weight excluding hydrogens is 420 g/mol. The maximum absolute atomic E-state index is 12.4. The summed E-state index contributed by atoms with van der Waals surface area (Å²) in [7, 11) is 0. The van der Waals surface area contributed by atoms with Crippen molar-refractivity contribution in [1.82, 2.24) is 14.8 Å². The highest BCUT2D eigenvalue weighted by Crippen LogP contribution is 2.20. The van der Waals surface area contributed by atoms with E-state index in [0.29, 0.717) is 24.1 Å². The van der Waals surface area contributed by atoms with E-state index in [4.69, 9.17) is 4.74 Å². The number of amides is 1. The Morgan fingerprint density at radius 3 is 2.47 bits per heavy atom. The summed E-state index contributed by atoms with van der Waals surface area (Å²) in [6.45, 7) is 8.93. The maximum Gasteiger partial charge on any atom is 0.234 e. The van der Waals surface area contributed by atoms with Crippen molar-refractivity contribution in [3.63, 3.8) is 0 Å². The van der Waals surface area contributed by atoms with Crippen LogP contribution in [0, 0.1) is 0 Å². The molecule has 0 saturated heterocycles. The van der Waals surface area contributed by atoms with Gasteiger partial charge in [0.05, 0.1) is 5.75 Å². The zero-order valence-corrected chi connectivity index (χ0v) is 19.5. The average Bonchev–Trinajstić information content (AvgIpc) is 3.20. The monoisotopic (exact) mass is 450 g/mol. The van der Waals surface area contributed by atoms with E-state index in [1.54, 1.807) is 6.08 Å². The maximum atomic E-state index is 12.4. The van der Waals surface area contributed by atoms with E-state index >= 15 is 0 Å².